The summed E-state index contributed by atoms with van der Waals surface area (Å²) in [6.45, 7) is 3.63. The van der Waals surface area contributed by atoms with Crippen LogP contribution in [-0.4, -0.2) is 19.6 Å². The van der Waals surface area contributed by atoms with Gasteiger partial charge in [-0.1, -0.05) is 11.6 Å². The van der Waals surface area contributed by atoms with Gasteiger partial charge in [-0.15, -0.1) is 0 Å². The predicted octanol–water partition coefficient (Wildman–Crippen LogP) is 1.86. The van der Waals surface area contributed by atoms with Crippen LogP contribution < -0.4 is 15.8 Å². The van der Waals surface area contributed by atoms with Gasteiger partial charge in [0.1, 0.15) is 5.75 Å². The number of hydrogen-bond donors (Lipinski definition) is 2. The average Bonchev–Trinajstić information content (AvgIpc) is 2.29. The van der Waals surface area contributed by atoms with E-state index >= 15 is 0 Å². The van der Waals surface area contributed by atoms with Crippen molar-refractivity contribution < 1.29 is 9.53 Å². The van der Waals surface area contributed by atoms with Crippen molar-refractivity contribution >= 4 is 23.2 Å². The lowest BCUT2D eigenvalue weighted by atomic mass is 10.1. The Kier molecular flexibility index (Phi) is 4.15. The van der Waals surface area contributed by atoms with E-state index < -0.39 is 0 Å². The second-order valence-electron chi connectivity index (χ2n) is 3.46. The van der Waals surface area contributed by atoms with Crippen LogP contribution in [0.4, 0.5) is 5.69 Å². The molecule has 0 aromatic heterocycles. The molecule has 0 aliphatic heterocycles. The summed E-state index contributed by atoms with van der Waals surface area (Å²) < 4.78 is 5.19. The molecule has 0 spiro atoms. The van der Waals surface area contributed by atoms with E-state index in [2.05, 4.69) is 5.32 Å². The van der Waals surface area contributed by atoms with Crippen LogP contribution in [0.1, 0.15) is 11.1 Å². The molecule has 0 heterocycles. The summed E-state index contributed by atoms with van der Waals surface area (Å²) in [4.78, 5) is 11.3. The molecule has 4 nitrogen and oxygen atoms in total. The summed E-state index contributed by atoms with van der Waals surface area (Å²) >= 11 is 6.10. The quantitative estimate of drug-likeness (QED) is 0.851. The molecule has 0 aliphatic rings. The van der Waals surface area contributed by atoms with Crippen molar-refractivity contribution in [3.63, 3.8) is 0 Å². The third-order valence-corrected chi connectivity index (χ3v) is 2.90. The van der Waals surface area contributed by atoms with Crippen LogP contribution >= 0.6 is 11.6 Å². The molecule has 1 amide bonds. The second kappa shape index (κ2) is 5.18. The number of ether oxygens (including phenoxy) is 1. The van der Waals surface area contributed by atoms with Gasteiger partial charge in [0.15, 0.2) is 0 Å². The lowest BCUT2D eigenvalue weighted by molar-refractivity contribution is -0.114. The number of carbonyl (C=O) groups is 1. The SMILES string of the molecule is COc1cc(C)c(Cl)c(C)c1NC(=O)CN. The van der Waals surface area contributed by atoms with Crippen LogP contribution in [0.3, 0.4) is 0 Å². The first kappa shape index (κ1) is 12.8. The Labute approximate surface area is 99.7 Å². The fourth-order valence-electron chi connectivity index (χ4n) is 1.43. The Morgan fingerprint density at radius 3 is 2.69 bits per heavy atom. The Bertz CT molecular complexity index is 419. The van der Waals surface area contributed by atoms with Gasteiger partial charge in [-0.05, 0) is 31.0 Å². The number of amides is 1. The van der Waals surface area contributed by atoms with Gasteiger partial charge >= 0.3 is 0 Å². The molecular formula is C11H15ClN2O2. The van der Waals surface area contributed by atoms with Gasteiger partial charge in [0.05, 0.1) is 19.3 Å². The highest BCUT2D eigenvalue weighted by Crippen LogP contribution is 2.35. The summed E-state index contributed by atoms with van der Waals surface area (Å²) in [5.41, 5.74) is 7.50. The van der Waals surface area contributed by atoms with Crippen molar-refractivity contribution in [3.05, 3.63) is 22.2 Å². The number of methoxy groups -OCH3 is 1. The van der Waals surface area contributed by atoms with Crippen LogP contribution in [0.25, 0.3) is 0 Å². The number of benzene rings is 1. The molecule has 1 rings (SSSR count). The van der Waals surface area contributed by atoms with Crippen LogP contribution in [0.2, 0.25) is 5.02 Å². The zero-order valence-corrected chi connectivity index (χ0v) is 10.3. The van der Waals surface area contributed by atoms with E-state index in [1.54, 1.807) is 13.2 Å². The van der Waals surface area contributed by atoms with Gasteiger partial charge in [-0.2, -0.15) is 0 Å². The summed E-state index contributed by atoms with van der Waals surface area (Å²) in [6.07, 6.45) is 0. The van der Waals surface area contributed by atoms with Crippen molar-refractivity contribution in [2.24, 2.45) is 5.73 Å². The number of hydrogen-bond acceptors (Lipinski definition) is 3. The molecule has 0 fully saturated rings. The maximum atomic E-state index is 11.3. The Balaban J connectivity index is 3.24. The number of aryl methyl sites for hydroxylation is 1. The van der Waals surface area contributed by atoms with Gasteiger partial charge in [-0.3, -0.25) is 4.79 Å². The van der Waals surface area contributed by atoms with Gasteiger partial charge in [0.25, 0.3) is 0 Å². The Morgan fingerprint density at radius 1 is 1.56 bits per heavy atom. The molecule has 1 aromatic rings. The molecule has 0 radical (unpaired) electrons. The molecule has 0 unspecified atom stereocenters. The number of rotatable bonds is 3. The Hall–Kier alpha value is -1.26. The van der Waals surface area contributed by atoms with Gasteiger partial charge in [0.2, 0.25) is 5.91 Å². The largest absolute Gasteiger partial charge is 0.495 e. The molecule has 88 valence electrons. The van der Waals surface area contributed by atoms with Gasteiger partial charge in [0, 0.05) is 5.02 Å². The minimum absolute atomic E-state index is 0.0753. The van der Waals surface area contributed by atoms with Crippen molar-refractivity contribution in [2.75, 3.05) is 19.0 Å². The van der Waals surface area contributed by atoms with E-state index in [4.69, 9.17) is 22.1 Å². The highest BCUT2D eigenvalue weighted by Gasteiger charge is 2.14. The van der Waals surface area contributed by atoms with E-state index in [9.17, 15) is 4.79 Å². The smallest absolute Gasteiger partial charge is 0.238 e. The Morgan fingerprint density at radius 2 is 2.19 bits per heavy atom. The van der Waals surface area contributed by atoms with Gasteiger partial charge in [-0.25, -0.2) is 0 Å². The highest BCUT2D eigenvalue weighted by molar-refractivity contribution is 6.32. The van der Waals surface area contributed by atoms with Crippen molar-refractivity contribution in [1.29, 1.82) is 0 Å². The molecule has 0 bridgehead atoms. The molecule has 1 aromatic carbocycles. The zero-order valence-electron chi connectivity index (χ0n) is 9.56. The average molecular weight is 243 g/mol. The van der Waals surface area contributed by atoms with Crippen molar-refractivity contribution in [3.8, 4) is 5.75 Å². The van der Waals surface area contributed by atoms with Crippen LogP contribution in [0.5, 0.6) is 5.75 Å². The zero-order chi connectivity index (χ0) is 12.3. The first-order valence-electron chi connectivity index (χ1n) is 4.84. The predicted molar refractivity (Wildman–Crippen MR) is 65.2 cm³/mol. The maximum Gasteiger partial charge on any atom is 0.238 e. The fraction of sp³-hybridized carbons (Fsp3) is 0.364. The lowest BCUT2D eigenvalue weighted by Crippen LogP contribution is -2.22. The minimum Gasteiger partial charge on any atom is -0.495 e. The second-order valence-corrected chi connectivity index (χ2v) is 3.84. The number of anilines is 1. The third-order valence-electron chi connectivity index (χ3n) is 2.31. The van der Waals surface area contributed by atoms with E-state index in [1.807, 2.05) is 13.8 Å². The first-order chi connectivity index (χ1) is 7.51. The summed E-state index contributed by atoms with van der Waals surface area (Å²) in [5, 5.41) is 3.29. The summed E-state index contributed by atoms with van der Waals surface area (Å²) in [6, 6.07) is 1.78. The van der Waals surface area contributed by atoms with Crippen LogP contribution in [0.15, 0.2) is 6.07 Å². The molecule has 0 aliphatic carbocycles. The molecule has 0 saturated carbocycles. The molecule has 0 saturated heterocycles. The molecule has 16 heavy (non-hydrogen) atoms. The fourth-order valence-corrected chi connectivity index (χ4v) is 1.58. The van der Waals surface area contributed by atoms with E-state index in [1.165, 1.54) is 0 Å². The molecule has 5 heteroatoms. The third kappa shape index (κ3) is 2.46. The number of nitrogens with one attached hydrogen (secondary N) is 1. The first-order valence-corrected chi connectivity index (χ1v) is 5.22. The molecular weight excluding hydrogens is 228 g/mol. The summed E-state index contributed by atoms with van der Waals surface area (Å²) in [7, 11) is 1.54. The monoisotopic (exact) mass is 242 g/mol. The van der Waals surface area contributed by atoms with E-state index in [0.29, 0.717) is 16.5 Å². The number of halogens is 1. The van der Waals surface area contributed by atoms with Crippen LogP contribution in [0, 0.1) is 13.8 Å². The lowest BCUT2D eigenvalue weighted by Gasteiger charge is -2.15. The van der Waals surface area contributed by atoms with Crippen molar-refractivity contribution in [1.82, 2.24) is 0 Å². The van der Waals surface area contributed by atoms with E-state index in [-0.39, 0.29) is 12.5 Å². The van der Waals surface area contributed by atoms with Crippen LogP contribution in [-0.2, 0) is 4.79 Å². The maximum absolute atomic E-state index is 11.3. The van der Waals surface area contributed by atoms with E-state index in [0.717, 1.165) is 11.1 Å². The minimum atomic E-state index is -0.277. The number of nitrogens with two attached hydrogens (primary N) is 1. The van der Waals surface area contributed by atoms with Crippen molar-refractivity contribution in [2.45, 2.75) is 13.8 Å². The van der Waals surface area contributed by atoms with Gasteiger partial charge < -0.3 is 15.8 Å². The normalized spacial score (nSPS) is 10.1. The molecule has 3 N–H and O–H groups in total. The summed E-state index contributed by atoms with van der Waals surface area (Å²) in [5.74, 6) is 0.308. The topological polar surface area (TPSA) is 64.3 Å². The standard InChI is InChI=1S/C11H15ClN2O2/c1-6-4-8(16-3)11(7(2)10(6)12)14-9(15)5-13/h4H,5,13H2,1-3H3,(H,14,15). The highest BCUT2D eigenvalue weighted by atomic mass is 35.5. The molecule has 0 atom stereocenters. The number of carbonyl (C=O) groups excluding carboxylic acids is 1.